The van der Waals surface area contributed by atoms with Crippen LogP contribution in [0.4, 0.5) is 0 Å². The van der Waals surface area contributed by atoms with Crippen LogP contribution in [0, 0.1) is 0 Å². The Hall–Kier alpha value is -1.36. The van der Waals surface area contributed by atoms with Crippen LogP contribution in [0.2, 0.25) is 0 Å². The summed E-state index contributed by atoms with van der Waals surface area (Å²) in [6.45, 7) is 5.90. The summed E-state index contributed by atoms with van der Waals surface area (Å²) in [6, 6.07) is 0. The minimum atomic E-state index is -0.665. The number of rotatable bonds is 2. The molecule has 0 saturated carbocycles. The van der Waals surface area contributed by atoms with Crippen molar-refractivity contribution in [2.75, 3.05) is 14.1 Å². The molecule has 2 rings (SSSR count). The average molecular weight is 219 g/mol. The molecular formula is C11H17N5. The Labute approximate surface area is 95.7 Å². The second-order valence-electron chi connectivity index (χ2n) is 4.23. The molecule has 0 aromatic heterocycles. The minimum Gasteiger partial charge on any atom is -0.261 e. The van der Waals surface area contributed by atoms with Crippen molar-refractivity contribution in [1.29, 1.82) is 0 Å². The largest absolute Gasteiger partial charge is 0.261 e. The van der Waals surface area contributed by atoms with Gasteiger partial charge in [-0.25, -0.2) is 20.0 Å². The van der Waals surface area contributed by atoms with Crippen molar-refractivity contribution >= 4 is 23.1 Å². The van der Waals surface area contributed by atoms with Gasteiger partial charge >= 0.3 is 0 Å². The second-order valence-corrected chi connectivity index (χ2v) is 4.23. The molecule has 2 aliphatic heterocycles. The molecular weight excluding hydrogens is 202 g/mol. The van der Waals surface area contributed by atoms with Crippen molar-refractivity contribution in [2.24, 2.45) is 20.0 Å². The monoisotopic (exact) mass is 219 g/mol. The number of hydrogen-bond acceptors (Lipinski definition) is 5. The van der Waals surface area contributed by atoms with Crippen LogP contribution in [0.15, 0.2) is 20.0 Å². The van der Waals surface area contributed by atoms with Crippen molar-refractivity contribution in [3.8, 4) is 0 Å². The topological polar surface area (TPSA) is 52.7 Å². The first-order valence-electron chi connectivity index (χ1n) is 5.47. The molecule has 0 bridgehead atoms. The lowest BCUT2D eigenvalue weighted by molar-refractivity contribution is 0.255. The van der Waals surface area contributed by atoms with Crippen molar-refractivity contribution < 1.29 is 0 Å². The molecule has 86 valence electrons. The molecule has 0 fully saturated rings. The molecule has 16 heavy (non-hydrogen) atoms. The van der Waals surface area contributed by atoms with Gasteiger partial charge in [-0.1, -0.05) is 6.92 Å². The highest BCUT2D eigenvalue weighted by Gasteiger charge is 2.45. The quantitative estimate of drug-likeness (QED) is 0.691. The van der Waals surface area contributed by atoms with E-state index in [9.17, 15) is 0 Å². The highest BCUT2D eigenvalue weighted by Crippen LogP contribution is 2.28. The molecule has 0 amide bonds. The number of fused-ring (bicyclic) bond motifs is 1. The van der Waals surface area contributed by atoms with Crippen LogP contribution in [-0.4, -0.2) is 47.9 Å². The van der Waals surface area contributed by atoms with Crippen LogP contribution in [0.25, 0.3) is 0 Å². The number of aliphatic imine (C=N–C) groups is 4. The van der Waals surface area contributed by atoms with Crippen LogP contribution >= 0.6 is 0 Å². The highest BCUT2D eigenvalue weighted by atomic mass is 15.4. The van der Waals surface area contributed by atoms with Gasteiger partial charge in [-0.2, -0.15) is 0 Å². The fourth-order valence-electron chi connectivity index (χ4n) is 1.98. The third-order valence-corrected chi connectivity index (χ3v) is 2.77. The molecule has 0 aromatic carbocycles. The van der Waals surface area contributed by atoms with Crippen molar-refractivity contribution in [3.05, 3.63) is 0 Å². The molecule has 1 unspecified atom stereocenters. The highest BCUT2D eigenvalue weighted by molar-refractivity contribution is 6.49. The van der Waals surface area contributed by atoms with Gasteiger partial charge in [-0.3, -0.25) is 4.90 Å². The van der Waals surface area contributed by atoms with E-state index in [1.165, 1.54) is 0 Å². The average Bonchev–Trinajstić information content (AvgIpc) is 2.58. The van der Waals surface area contributed by atoms with Crippen LogP contribution in [0.1, 0.15) is 27.2 Å². The molecule has 0 radical (unpaired) electrons. The summed E-state index contributed by atoms with van der Waals surface area (Å²) in [7, 11) is 3.93. The third kappa shape index (κ3) is 1.43. The maximum atomic E-state index is 4.63. The summed E-state index contributed by atoms with van der Waals surface area (Å²) in [5.74, 6) is 0.935. The number of amidine groups is 2. The summed E-state index contributed by atoms with van der Waals surface area (Å²) in [5.41, 5.74) is 1.77. The predicted octanol–water partition coefficient (Wildman–Crippen LogP) is 1.36. The first-order valence-corrected chi connectivity index (χ1v) is 5.47. The van der Waals surface area contributed by atoms with E-state index in [1.54, 1.807) is 0 Å². The third-order valence-electron chi connectivity index (χ3n) is 2.77. The summed E-state index contributed by atoms with van der Waals surface area (Å²) in [6.07, 6.45) is 0.820. The fourth-order valence-corrected chi connectivity index (χ4v) is 1.98. The Morgan fingerprint density at radius 3 is 2.38 bits per heavy atom. The molecule has 0 N–H and O–H groups in total. The van der Waals surface area contributed by atoms with Gasteiger partial charge < -0.3 is 0 Å². The zero-order valence-electron chi connectivity index (χ0n) is 10.4. The first kappa shape index (κ1) is 11.1. The van der Waals surface area contributed by atoms with Crippen LogP contribution in [0.5, 0.6) is 0 Å². The molecule has 2 heterocycles. The maximum Gasteiger partial charge on any atom is 0.256 e. The standard InChI is InChI=1S/C11H17N5/c1-6-9-13-10-7(2)12-8(3)14-11(10,15-9)16(4)5/h6H2,1-5H3. The summed E-state index contributed by atoms with van der Waals surface area (Å²) >= 11 is 0. The summed E-state index contributed by atoms with van der Waals surface area (Å²) in [4.78, 5) is 20.1. The lowest BCUT2D eigenvalue weighted by atomic mass is 10.1. The Morgan fingerprint density at radius 1 is 1.12 bits per heavy atom. The SMILES string of the molecule is CCC1=NC2(N(C)C)N=C(C)N=C(C)C2=N1. The van der Waals surface area contributed by atoms with Gasteiger partial charge in [0.15, 0.2) is 0 Å². The molecule has 0 aliphatic carbocycles. The van der Waals surface area contributed by atoms with Crippen LogP contribution in [0.3, 0.4) is 0 Å². The molecule has 5 nitrogen and oxygen atoms in total. The van der Waals surface area contributed by atoms with Crippen molar-refractivity contribution in [3.63, 3.8) is 0 Å². The lowest BCUT2D eigenvalue weighted by Crippen LogP contribution is -2.51. The molecule has 0 aromatic rings. The molecule has 0 spiro atoms. The first-order chi connectivity index (χ1) is 7.49. The summed E-state index contributed by atoms with van der Waals surface area (Å²) in [5, 5.41) is 0. The maximum absolute atomic E-state index is 4.63. The van der Waals surface area contributed by atoms with E-state index in [0.29, 0.717) is 0 Å². The van der Waals surface area contributed by atoms with Gasteiger partial charge in [0, 0.05) is 6.42 Å². The fraction of sp³-hybridized carbons (Fsp3) is 0.636. The van der Waals surface area contributed by atoms with E-state index in [2.05, 4.69) is 20.0 Å². The van der Waals surface area contributed by atoms with Gasteiger partial charge in [0.25, 0.3) is 5.79 Å². The minimum absolute atomic E-state index is 0.665. The Bertz CT molecular complexity index is 441. The zero-order valence-corrected chi connectivity index (χ0v) is 10.4. The molecule has 2 aliphatic rings. The number of hydrogen-bond donors (Lipinski definition) is 0. The van der Waals surface area contributed by atoms with Crippen LogP contribution in [-0.2, 0) is 0 Å². The van der Waals surface area contributed by atoms with Crippen molar-refractivity contribution in [1.82, 2.24) is 4.90 Å². The zero-order chi connectivity index (χ0) is 11.9. The van der Waals surface area contributed by atoms with E-state index in [1.807, 2.05) is 39.8 Å². The number of nitrogens with zero attached hydrogens (tertiary/aromatic N) is 5. The van der Waals surface area contributed by atoms with E-state index in [0.717, 1.165) is 29.5 Å². The van der Waals surface area contributed by atoms with E-state index < -0.39 is 5.79 Å². The normalized spacial score (nSPS) is 28.4. The lowest BCUT2D eigenvalue weighted by Gasteiger charge is -2.32. The molecule has 0 saturated heterocycles. The van der Waals surface area contributed by atoms with Gasteiger partial charge in [0.05, 0.1) is 5.71 Å². The smallest absolute Gasteiger partial charge is 0.256 e. The van der Waals surface area contributed by atoms with Crippen LogP contribution < -0.4 is 0 Å². The second kappa shape index (κ2) is 3.59. The Balaban J connectivity index is 2.59. The summed E-state index contributed by atoms with van der Waals surface area (Å²) < 4.78 is 0. The van der Waals surface area contributed by atoms with E-state index >= 15 is 0 Å². The van der Waals surface area contributed by atoms with Gasteiger partial charge in [0.1, 0.15) is 17.4 Å². The van der Waals surface area contributed by atoms with Gasteiger partial charge in [-0.15, -0.1) is 0 Å². The van der Waals surface area contributed by atoms with E-state index in [4.69, 9.17) is 0 Å². The molecule has 5 heteroatoms. The molecule has 1 atom stereocenters. The van der Waals surface area contributed by atoms with E-state index in [-0.39, 0.29) is 0 Å². The van der Waals surface area contributed by atoms with Gasteiger partial charge in [-0.05, 0) is 27.9 Å². The Kier molecular flexibility index (Phi) is 2.50. The predicted molar refractivity (Wildman–Crippen MR) is 67.8 cm³/mol. The van der Waals surface area contributed by atoms with Gasteiger partial charge in [0.2, 0.25) is 0 Å². The van der Waals surface area contributed by atoms with Crippen molar-refractivity contribution in [2.45, 2.75) is 33.0 Å². The Morgan fingerprint density at radius 2 is 1.81 bits per heavy atom.